The number of amides is 2. The van der Waals surface area contributed by atoms with E-state index in [0.717, 1.165) is 17.0 Å². The number of ether oxygens (including phenoxy) is 2. The van der Waals surface area contributed by atoms with E-state index < -0.39 is 10.0 Å². The molecule has 0 saturated carbocycles. The predicted molar refractivity (Wildman–Crippen MR) is 130 cm³/mol. The van der Waals surface area contributed by atoms with Crippen molar-refractivity contribution >= 4 is 27.4 Å². The number of piperazine rings is 1. The number of urea groups is 1. The second-order valence-electron chi connectivity index (χ2n) is 8.12. The molecule has 182 valence electrons. The van der Waals surface area contributed by atoms with Crippen LogP contribution < -0.4 is 25.0 Å². The van der Waals surface area contributed by atoms with Gasteiger partial charge in [0.25, 0.3) is 0 Å². The normalized spacial score (nSPS) is 15.6. The first kappa shape index (κ1) is 22.9. The van der Waals surface area contributed by atoms with Gasteiger partial charge in [-0.3, -0.25) is 4.98 Å². The number of hydrogen-bond donors (Lipinski definition) is 2. The molecule has 0 atom stereocenters. The first-order valence-electron chi connectivity index (χ1n) is 11.2. The van der Waals surface area contributed by atoms with Crippen LogP contribution in [0.5, 0.6) is 11.5 Å². The molecular weight excluding hydrogens is 470 g/mol. The lowest BCUT2D eigenvalue weighted by atomic mass is 10.2. The summed E-state index contributed by atoms with van der Waals surface area (Å²) in [6, 6.07) is 15.2. The molecule has 2 aromatic carbocycles. The van der Waals surface area contributed by atoms with Crippen molar-refractivity contribution in [3.05, 3.63) is 72.6 Å². The molecule has 0 aliphatic carbocycles. The van der Waals surface area contributed by atoms with Gasteiger partial charge in [0.1, 0.15) is 0 Å². The van der Waals surface area contributed by atoms with Crippen molar-refractivity contribution in [2.75, 3.05) is 43.2 Å². The van der Waals surface area contributed by atoms with E-state index in [1.807, 2.05) is 24.3 Å². The van der Waals surface area contributed by atoms with Gasteiger partial charge in [0.15, 0.2) is 11.5 Å². The van der Waals surface area contributed by atoms with E-state index in [1.165, 1.54) is 16.4 Å². The van der Waals surface area contributed by atoms with Crippen molar-refractivity contribution in [3.63, 3.8) is 0 Å². The predicted octanol–water partition coefficient (Wildman–Crippen LogP) is 2.64. The minimum atomic E-state index is -3.64. The van der Waals surface area contributed by atoms with E-state index in [4.69, 9.17) is 9.47 Å². The van der Waals surface area contributed by atoms with Gasteiger partial charge in [-0.15, -0.1) is 0 Å². The Hall–Kier alpha value is -3.83. The summed E-state index contributed by atoms with van der Waals surface area (Å²) >= 11 is 0. The van der Waals surface area contributed by atoms with Gasteiger partial charge < -0.3 is 25.0 Å². The van der Waals surface area contributed by atoms with Gasteiger partial charge >= 0.3 is 6.03 Å². The summed E-state index contributed by atoms with van der Waals surface area (Å²) in [5.74, 6) is 1.43. The van der Waals surface area contributed by atoms with Gasteiger partial charge in [-0.1, -0.05) is 6.07 Å². The highest BCUT2D eigenvalue weighted by Crippen LogP contribution is 2.36. The number of sulfonamides is 1. The quantitative estimate of drug-likeness (QED) is 0.541. The van der Waals surface area contributed by atoms with E-state index in [0.29, 0.717) is 44.2 Å². The van der Waals surface area contributed by atoms with Crippen LogP contribution in [0.25, 0.3) is 0 Å². The number of carbonyl (C=O) groups excluding carboxylic acids is 1. The number of nitrogens with zero attached hydrogens (tertiary/aromatic N) is 3. The third kappa shape index (κ3) is 5.15. The highest BCUT2D eigenvalue weighted by atomic mass is 32.2. The Balaban J connectivity index is 1.16. The van der Waals surface area contributed by atoms with Crippen molar-refractivity contribution in [2.24, 2.45) is 0 Å². The third-order valence-corrected chi connectivity index (χ3v) is 7.80. The van der Waals surface area contributed by atoms with Crippen LogP contribution in [0.2, 0.25) is 0 Å². The first-order valence-corrected chi connectivity index (χ1v) is 12.6. The monoisotopic (exact) mass is 495 g/mol. The Kier molecular flexibility index (Phi) is 6.43. The average Bonchev–Trinajstić information content (AvgIpc) is 3.37. The van der Waals surface area contributed by atoms with Gasteiger partial charge in [-0.05, 0) is 48.0 Å². The third-order valence-electron chi connectivity index (χ3n) is 5.89. The summed E-state index contributed by atoms with van der Waals surface area (Å²) in [5, 5.41) is 5.45. The van der Waals surface area contributed by atoms with Crippen molar-refractivity contribution in [3.8, 4) is 11.5 Å². The van der Waals surface area contributed by atoms with Gasteiger partial charge in [0.05, 0.1) is 4.90 Å². The van der Waals surface area contributed by atoms with E-state index in [1.54, 1.807) is 30.6 Å². The van der Waals surface area contributed by atoms with Crippen LogP contribution in [0.4, 0.5) is 16.2 Å². The molecule has 10 nitrogen and oxygen atoms in total. The molecule has 1 saturated heterocycles. The molecule has 1 aromatic heterocycles. The lowest BCUT2D eigenvalue weighted by Crippen LogP contribution is -2.48. The summed E-state index contributed by atoms with van der Waals surface area (Å²) in [4.78, 5) is 18.5. The standard InChI is InChI=1S/C24H25N5O5S/c30-24(26-16-18-2-1-9-25-15-18)27-19-3-6-21(7-4-19)35(31,32)29-12-10-28(11-13-29)20-5-8-22-23(14-20)34-17-33-22/h1-9,14-15H,10-13,16-17H2,(H2,26,27,30). The Morgan fingerprint density at radius 2 is 1.74 bits per heavy atom. The van der Waals surface area contributed by atoms with Crippen LogP contribution in [-0.2, 0) is 16.6 Å². The molecule has 0 spiro atoms. The van der Waals surface area contributed by atoms with E-state index in [-0.39, 0.29) is 17.7 Å². The molecule has 11 heteroatoms. The fourth-order valence-electron chi connectivity index (χ4n) is 3.99. The second-order valence-corrected chi connectivity index (χ2v) is 10.1. The molecule has 0 bridgehead atoms. The smallest absolute Gasteiger partial charge is 0.319 e. The van der Waals surface area contributed by atoms with Gasteiger partial charge in [0, 0.05) is 62.6 Å². The molecule has 3 heterocycles. The molecule has 2 N–H and O–H groups in total. The summed E-state index contributed by atoms with van der Waals surface area (Å²) < 4.78 is 38.6. The number of pyridine rings is 1. The molecule has 2 amide bonds. The molecular formula is C24H25N5O5S. The highest BCUT2D eigenvalue weighted by Gasteiger charge is 2.29. The lowest BCUT2D eigenvalue weighted by molar-refractivity contribution is 0.174. The molecule has 2 aliphatic heterocycles. The van der Waals surface area contributed by atoms with E-state index in [2.05, 4.69) is 20.5 Å². The van der Waals surface area contributed by atoms with Gasteiger partial charge in [-0.25, -0.2) is 13.2 Å². The number of fused-ring (bicyclic) bond motifs is 1. The van der Waals surface area contributed by atoms with Crippen LogP contribution in [0.15, 0.2) is 71.9 Å². The Morgan fingerprint density at radius 3 is 2.49 bits per heavy atom. The number of nitrogens with one attached hydrogen (secondary N) is 2. The molecule has 0 radical (unpaired) electrons. The summed E-state index contributed by atoms with van der Waals surface area (Å²) in [7, 11) is -3.64. The number of hydrogen-bond acceptors (Lipinski definition) is 7. The fraction of sp³-hybridized carbons (Fsp3) is 0.250. The van der Waals surface area contributed by atoms with Gasteiger partial charge in [-0.2, -0.15) is 4.31 Å². The van der Waals surface area contributed by atoms with Gasteiger partial charge in [0.2, 0.25) is 16.8 Å². The summed E-state index contributed by atoms with van der Waals surface area (Å²) in [6.45, 7) is 2.42. The zero-order valence-corrected chi connectivity index (χ0v) is 19.7. The van der Waals surface area contributed by atoms with Crippen LogP contribution in [-0.4, -0.2) is 56.7 Å². The molecule has 35 heavy (non-hydrogen) atoms. The topological polar surface area (TPSA) is 113 Å². The Labute approximate surface area is 203 Å². The zero-order chi connectivity index (χ0) is 24.3. The Morgan fingerprint density at radius 1 is 0.971 bits per heavy atom. The fourth-order valence-corrected chi connectivity index (χ4v) is 5.41. The van der Waals surface area contributed by atoms with Crippen molar-refractivity contribution < 1.29 is 22.7 Å². The molecule has 1 fully saturated rings. The molecule has 0 unspecified atom stereocenters. The number of anilines is 2. The minimum absolute atomic E-state index is 0.190. The number of benzene rings is 2. The van der Waals surface area contributed by atoms with E-state index in [9.17, 15) is 13.2 Å². The number of carbonyl (C=O) groups is 1. The SMILES string of the molecule is O=C(NCc1cccnc1)Nc1ccc(S(=O)(=O)N2CCN(c3ccc4c(c3)OCO4)CC2)cc1. The van der Waals surface area contributed by atoms with E-state index >= 15 is 0 Å². The lowest BCUT2D eigenvalue weighted by Gasteiger charge is -2.35. The Bertz CT molecular complexity index is 1290. The number of aromatic nitrogens is 1. The maximum absolute atomic E-state index is 13.1. The second kappa shape index (κ2) is 9.80. The van der Waals surface area contributed by atoms with Crippen LogP contribution in [0, 0.1) is 0 Å². The summed E-state index contributed by atoms with van der Waals surface area (Å²) in [5.41, 5.74) is 2.35. The molecule has 5 rings (SSSR count). The number of rotatable bonds is 6. The minimum Gasteiger partial charge on any atom is -0.454 e. The summed E-state index contributed by atoms with van der Waals surface area (Å²) in [6.07, 6.45) is 3.34. The van der Waals surface area contributed by atoms with Crippen LogP contribution in [0.3, 0.4) is 0 Å². The first-order chi connectivity index (χ1) is 17.0. The van der Waals surface area contributed by atoms with Crippen molar-refractivity contribution in [2.45, 2.75) is 11.4 Å². The molecule has 3 aromatic rings. The van der Waals surface area contributed by atoms with Crippen molar-refractivity contribution in [1.29, 1.82) is 0 Å². The largest absolute Gasteiger partial charge is 0.454 e. The average molecular weight is 496 g/mol. The van der Waals surface area contributed by atoms with Crippen molar-refractivity contribution in [1.82, 2.24) is 14.6 Å². The maximum Gasteiger partial charge on any atom is 0.319 e. The zero-order valence-electron chi connectivity index (χ0n) is 18.9. The molecule has 2 aliphatic rings. The van der Waals surface area contributed by atoms with Crippen LogP contribution in [0.1, 0.15) is 5.56 Å². The van der Waals surface area contributed by atoms with Crippen LogP contribution >= 0.6 is 0 Å². The maximum atomic E-state index is 13.1. The highest BCUT2D eigenvalue weighted by molar-refractivity contribution is 7.89.